The molecule has 0 spiro atoms. The molecular weight excluding hydrogens is 540 g/mol. The number of carbonyl (C=O) groups is 3. The summed E-state index contributed by atoms with van der Waals surface area (Å²) in [6.07, 6.45) is 5.93. The fourth-order valence-corrected chi connectivity index (χ4v) is 4.96. The molecule has 0 radical (unpaired) electrons. The lowest BCUT2D eigenvalue weighted by Gasteiger charge is -2.27. The fourth-order valence-electron chi connectivity index (χ4n) is 4.84. The molecule has 2 unspecified atom stereocenters. The number of ether oxygens (including phenoxy) is 1. The number of nitrogens with one attached hydrogen (secondary N) is 1. The zero-order valence-corrected chi connectivity index (χ0v) is 25.2. The highest BCUT2D eigenvalue weighted by Crippen LogP contribution is 2.25. The third-order valence-corrected chi connectivity index (χ3v) is 7.58. The van der Waals surface area contributed by atoms with Crippen LogP contribution in [0.4, 0.5) is 0 Å². The van der Waals surface area contributed by atoms with Crippen molar-refractivity contribution in [2.45, 2.75) is 64.0 Å². The first kappa shape index (κ1) is 34.0. The summed E-state index contributed by atoms with van der Waals surface area (Å²) in [7, 11) is 3.38. The van der Waals surface area contributed by atoms with E-state index >= 15 is 0 Å². The molecular formula is C32H43ClN4O4. The largest absolute Gasteiger partial charge is 0.493 e. The zero-order chi connectivity index (χ0) is 30.0. The van der Waals surface area contributed by atoms with Gasteiger partial charge < -0.3 is 19.7 Å². The van der Waals surface area contributed by atoms with Crippen LogP contribution in [0.5, 0.6) is 5.75 Å². The van der Waals surface area contributed by atoms with E-state index in [4.69, 9.17) is 16.3 Å². The summed E-state index contributed by atoms with van der Waals surface area (Å²) in [6, 6.07) is 14.8. The lowest BCUT2D eigenvalue weighted by atomic mass is 9.97. The Balaban J connectivity index is 1.86. The Labute approximate surface area is 249 Å². The van der Waals surface area contributed by atoms with Crippen molar-refractivity contribution >= 4 is 30.1 Å². The molecule has 2 rings (SSSR count). The summed E-state index contributed by atoms with van der Waals surface area (Å²) >= 11 is 5.98. The van der Waals surface area contributed by atoms with E-state index in [1.165, 1.54) is 0 Å². The molecule has 0 heterocycles. The van der Waals surface area contributed by atoms with Crippen LogP contribution in [0.3, 0.4) is 0 Å². The SMILES string of the molecule is CCN(CCCCCOc1cccc(C=O)c1CN(C)C(CCC=O)C(=O)NC)CCC(C#N)c1ccc(Cl)cc1. The van der Waals surface area contributed by atoms with E-state index in [0.717, 1.165) is 69.0 Å². The van der Waals surface area contributed by atoms with E-state index in [2.05, 4.69) is 23.2 Å². The first-order valence-corrected chi connectivity index (χ1v) is 14.7. The molecule has 1 amide bonds. The lowest BCUT2D eigenvalue weighted by molar-refractivity contribution is -0.126. The Morgan fingerprint density at radius 2 is 1.85 bits per heavy atom. The molecule has 2 aromatic carbocycles. The smallest absolute Gasteiger partial charge is 0.237 e. The molecule has 0 aliphatic rings. The highest BCUT2D eigenvalue weighted by Gasteiger charge is 2.24. The van der Waals surface area contributed by atoms with Gasteiger partial charge in [0, 0.05) is 36.2 Å². The molecule has 0 fully saturated rings. The first-order valence-electron chi connectivity index (χ1n) is 14.3. The molecule has 9 heteroatoms. The van der Waals surface area contributed by atoms with Crippen LogP contribution in [0.2, 0.25) is 5.02 Å². The number of halogens is 1. The zero-order valence-electron chi connectivity index (χ0n) is 24.5. The number of carbonyl (C=O) groups excluding carboxylic acids is 3. The van der Waals surface area contributed by atoms with Gasteiger partial charge in [-0.2, -0.15) is 5.26 Å². The molecule has 0 aliphatic heterocycles. The van der Waals surface area contributed by atoms with Crippen LogP contribution in [0.1, 0.15) is 72.9 Å². The van der Waals surface area contributed by atoms with Crippen molar-refractivity contribution in [2.24, 2.45) is 0 Å². The normalized spacial score (nSPS) is 12.5. The monoisotopic (exact) mass is 582 g/mol. The third kappa shape index (κ3) is 11.3. The lowest BCUT2D eigenvalue weighted by Crippen LogP contribution is -2.43. The Kier molecular flexibility index (Phi) is 15.7. The van der Waals surface area contributed by atoms with Gasteiger partial charge in [0.05, 0.1) is 24.6 Å². The number of amides is 1. The van der Waals surface area contributed by atoms with Gasteiger partial charge in [0.25, 0.3) is 0 Å². The van der Waals surface area contributed by atoms with Crippen LogP contribution < -0.4 is 10.1 Å². The van der Waals surface area contributed by atoms with Gasteiger partial charge in [0.2, 0.25) is 5.91 Å². The van der Waals surface area contributed by atoms with E-state index < -0.39 is 6.04 Å². The molecule has 41 heavy (non-hydrogen) atoms. The number of benzene rings is 2. The molecule has 2 atom stereocenters. The number of likely N-dealkylation sites (N-methyl/N-ethyl adjacent to an activating group) is 2. The Hall–Kier alpha value is -3.25. The van der Waals surface area contributed by atoms with E-state index in [1.807, 2.05) is 42.3 Å². The minimum Gasteiger partial charge on any atom is -0.493 e. The van der Waals surface area contributed by atoms with Crippen LogP contribution in [0, 0.1) is 11.3 Å². The van der Waals surface area contributed by atoms with Gasteiger partial charge in [0.1, 0.15) is 12.0 Å². The van der Waals surface area contributed by atoms with Gasteiger partial charge in [-0.25, -0.2) is 0 Å². The average Bonchev–Trinajstić information content (AvgIpc) is 2.99. The van der Waals surface area contributed by atoms with Crippen LogP contribution in [-0.4, -0.2) is 74.7 Å². The number of aldehydes is 2. The van der Waals surface area contributed by atoms with E-state index in [9.17, 15) is 19.6 Å². The van der Waals surface area contributed by atoms with Gasteiger partial charge in [-0.15, -0.1) is 0 Å². The molecule has 0 saturated heterocycles. The second-order valence-electron chi connectivity index (χ2n) is 10.1. The Bertz CT molecular complexity index is 1140. The molecule has 8 nitrogen and oxygen atoms in total. The number of nitrogens with zero attached hydrogens (tertiary/aromatic N) is 3. The second kappa shape index (κ2) is 19.0. The predicted octanol–water partition coefficient (Wildman–Crippen LogP) is 5.25. The van der Waals surface area contributed by atoms with Crippen molar-refractivity contribution in [2.75, 3.05) is 40.3 Å². The van der Waals surface area contributed by atoms with E-state index in [-0.39, 0.29) is 18.2 Å². The van der Waals surface area contributed by atoms with Crippen molar-refractivity contribution in [3.05, 3.63) is 64.2 Å². The first-order chi connectivity index (χ1) is 19.9. The Morgan fingerprint density at radius 1 is 1.10 bits per heavy atom. The van der Waals surface area contributed by atoms with Gasteiger partial charge in [-0.3, -0.25) is 14.5 Å². The third-order valence-electron chi connectivity index (χ3n) is 7.33. The predicted molar refractivity (Wildman–Crippen MR) is 162 cm³/mol. The number of hydrogen-bond acceptors (Lipinski definition) is 7. The van der Waals surface area contributed by atoms with Crippen molar-refractivity contribution in [1.29, 1.82) is 5.26 Å². The number of unbranched alkanes of at least 4 members (excludes halogenated alkanes) is 2. The van der Waals surface area contributed by atoms with Gasteiger partial charge >= 0.3 is 0 Å². The average molecular weight is 583 g/mol. The van der Waals surface area contributed by atoms with Crippen LogP contribution in [-0.2, 0) is 16.1 Å². The van der Waals surface area contributed by atoms with Crippen LogP contribution >= 0.6 is 11.6 Å². The molecule has 222 valence electrons. The van der Waals surface area contributed by atoms with Gasteiger partial charge in [0.15, 0.2) is 6.29 Å². The topological polar surface area (TPSA) is 103 Å². The maximum Gasteiger partial charge on any atom is 0.237 e. The van der Waals surface area contributed by atoms with Crippen molar-refractivity contribution in [1.82, 2.24) is 15.1 Å². The van der Waals surface area contributed by atoms with Gasteiger partial charge in [-0.1, -0.05) is 42.8 Å². The highest BCUT2D eigenvalue weighted by molar-refractivity contribution is 6.30. The molecule has 0 bridgehead atoms. The summed E-state index contributed by atoms with van der Waals surface area (Å²) in [5, 5.41) is 13.0. The number of hydrogen-bond donors (Lipinski definition) is 1. The van der Waals surface area contributed by atoms with Crippen molar-refractivity contribution < 1.29 is 19.1 Å². The molecule has 0 aromatic heterocycles. The number of rotatable bonds is 20. The minimum absolute atomic E-state index is 0.151. The molecule has 2 aromatic rings. The highest BCUT2D eigenvalue weighted by atomic mass is 35.5. The molecule has 0 saturated carbocycles. The van der Waals surface area contributed by atoms with Crippen molar-refractivity contribution in [3.8, 4) is 11.8 Å². The summed E-state index contributed by atoms with van der Waals surface area (Å²) in [5.74, 6) is 0.309. The fraction of sp³-hybridized carbons (Fsp3) is 0.500. The molecule has 0 aliphatic carbocycles. The summed E-state index contributed by atoms with van der Waals surface area (Å²) < 4.78 is 6.11. The van der Waals surface area contributed by atoms with Crippen molar-refractivity contribution in [3.63, 3.8) is 0 Å². The summed E-state index contributed by atoms with van der Waals surface area (Å²) in [5.41, 5.74) is 2.25. The van der Waals surface area contributed by atoms with Crippen LogP contribution in [0.25, 0.3) is 0 Å². The minimum atomic E-state index is -0.492. The quantitative estimate of drug-likeness (QED) is 0.168. The summed E-state index contributed by atoms with van der Waals surface area (Å²) in [6.45, 7) is 5.73. The molecule has 1 N–H and O–H groups in total. The second-order valence-corrected chi connectivity index (χ2v) is 10.5. The maximum absolute atomic E-state index is 12.4. The maximum atomic E-state index is 12.4. The standard InChI is InChI=1S/C32H43ClN4O4/c1-4-37(19-17-26(22-34)25-13-15-28(33)16-14-25)18-6-5-7-21-41-31-12-8-10-27(24-39)29(31)23-36(3)30(11-9-20-38)32(40)35-2/h8,10,12-16,20,24,26,30H,4-7,9,11,17-19,21,23H2,1-3H3,(H,35,40). The van der Waals surface area contributed by atoms with E-state index in [1.54, 1.807) is 19.2 Å². The number of nitriles is 1. The Morgan fingerprint density at radius 3 is 2.49 bits per heavy atom. The summed E-state index contributed by atoms with van der Waals surface area (Å²) in [4.78, 5) is 39.3. The van der Waals surface area contributed by atoms with Gasteiger partial charge in [-0.05, 0) is 82.5 Å². The van der Waals surface area contributed by atoms with E-state index in [0.29, 0.717) is 35.9 Å². The van der Waals surface area contributed by atoms with Crippen LogP contribution in [0.15, 0.2) is 42.5 Å².